The van der Waals surface area contributed by atoms with Crippen molar-refractivity contribution in [2.75, 3.05) is 5.73 Å². The minimum atomic E-state index is -1.05. The number of hydrogen-bond donors (Lipinski definition) is 2. The summed E-state index contributed by atoms with van der Waals surface area (Å²) in [7, 11) is 0. The van der Waals surface area contributed by atoms with Crippen LogP contribution < -0.4 is 5.73 Å². The Kier molecular flexibility index (Phi) is 2.97. The number of nitrogens with zero attached hydrogens (tertiary/aromatic N) is 2. The first-order valence-corrected chi connectivity index (χ1v) is 5.43. The molecule has 0 saturated heterocycles. The Hall–Kier alpha value is -2.43. The molecule has 0 spiro atoms. The molecule has 0 aliphatic carbocycles. The smallest absolute Gasteiger partial charge is 0.339 e. The van der Waals surface area contributed by atoms with Crippen LogP contribution in [-0.4, -0.2) is 21.0 Å². The second-order valence-corrected chi connectivity index (χ2v) is 4.07. The van der Waals surface area contributed by atoms with Crippen LogP contribution in [0.2, 0.25) is 0 Å². The summed E-state index contributed by atoms with van der Waals surface area (Å²) in [6.07, 6.45) is 0. The zero-order valence-corrected chi connectivity index (χ0v) is 10.1. The van der Waals surface area contributed by atoms with Crippen LogP contribution in [0.5, 0.6) is 0 Å². The number of carboxylic acids is 1. The van der Waals surface area contributed by atoms with E-state index in [4.69, 9.17) is 5.73 Å². The van der Waals surface area contributed by atoms with Gasteiger partial charge in [0.25, 0.3) is 0 Å². The number of rotatable bonds is 2. The Morgan fingerprint density at radius 1 is 1.28 bits per heavy atom. The second-order valence-electron chi connectivity index (χ2n) is 4.07. The Morgan fingerprint density at radius 3 is 2.61 bits per heavy atom. The molecule has 0 saturated carbocycles. The van der Waals surface area contributed by atoms with Gasteiger partial charge in [-0.3, -0.25) is 0 Å². The van der Waals surface area contributed by atoms with E-state index >= 15 is 0 Å². The third-order valence-electron chi connectivity index (χ3n) is 2.61. The molecule has 92 valence electrons. The summed E-state index contributed by atoms with van der Waals surface area (Å²) in [6.45, 7) is 3.54. The molecule has 0 aliphatic rings. The van der Waals surface area contributed by atoms with E-state index < -0.39 is 5.97 Å². The fourth-order valence-corrected chi connectivity index (χ4v) is 1.85. The number of carbonyl (C=O) groups is 1. The lowest BCUT2D eigenvalue weighted by atomic mass is 10.0. The van der Waals surface area contributed by atoms with E-state index in [9.17, 15) is 9.90 Å². The van der Waals surface area contributed by atoms with E-state index in [1.54, 1.807) is 13.0 Å². The number of nitrogen functional groups attached to an aromatic ring is 1. The van der Waals surface area contributed by atoms with Crippen molar-refractivity contribution < 1.29 is 9.90 Å². The van der Waals surface area contributed by atoms with Crippen LogP contribution in [0.3, 0.4) is 0 Å². The Morgan fingerprint density at radius 2 is 2.00 bits per heavy atom. The highest BCUT2D eigenvalue weighted by molar-refractivity contribution is 5.96. The van der Waals surface area contributed by atoms with E-state index in [1.165, 1.54) is 0 Å². The number of nitrogens with two attached hydrogens (primary N) is 1. The van der Waals surface area contributed by atoms with Crippen molar-refractivity contribution in [2.24, 2.45) is 0 Å². The number of benzene rings is 1. The molecule has 5 heteroatoms. The standard InChI is InChI=1S/C13H13N3O2/c1-7-4-3-5-9(6-7)11-10(12(17)18)8(2)15-13(14)16-11/h3-6H,1-2H3,(H,17,18)(H2,14,15,16). The van der Waals surface area contributed by atoms with Gasteiger partial charge in [-0.25, -0.2) is 14.8 Å². The molecular formula is C13H13N3O2. The quantitative estimate of drug-likeness (QED) is 0.842. The van der Waals surface area contributed by atoms with Gasteiger partial charge in [0.1, 0.15) is 5.56 Å². The molecule has 2 aromatic rings. The van der Waals surface area contributed by atoms with Crippen LogP contribution in [0.25, 0.3) is 11.3 Å². The van der Waals surface area contributed by atoms with Gasteiger partial charge in [-0.15, -0.1) is 0 Å². The zero-order valence-electron chi connectivity index (χ0n) is 10.1. The van der Waals surface area contributed by atoms with Crippen molar-refractivity contribution in [3.8, 4) is 11.3 Å². The lowest BCUT2D eigenvalue weighted by Gasteiger charge is -2.09. The molecular weight excluding hydrogens is 230 g/mol. The van der Waals surface area contributed by atoms with Crippen molar-refractivity contribution in [3.05, 3.63) is 41.1 Å². The maximum absolute atomic E-state index is 11.3. The van der Waals surface area contributed by atoms with Crippen LogP contribution >= 0.6 is 0 Å². The van der Waals surface area contributed by atoms with Gasteiger partial charge < -0.3 is 10.8 Å². The summed E-state index contributed by atoms with van der Waals surface area (Å²) >= 11 is 0. The molecule has 0 bridgehead atoms. The molecule has 0 radical (unpaired) electrons. The SMILES string of the molecule is Cc1cccc(-c2nc(N)nc(C)c2C(=O)O)c1. The summed E-state index contributed by atoms with van der Waals surface area (Å²) in [4.78, 5) is 19.2. The van der Waals surface area contributed by atoms with Gasteiger partial charge >= 0.3 is 5.97 Å². The first-order chi connectivity index (χ1) is 8.49. The first kappa shape index (κ1) is 12.0. The molecule has 5 nitrogen and oxygen atoms in total. The fraction of sp³-hybridized carbons (Fsp3) is 0.154. The number of aromatic carboxylic acids is 1. The van der Waals surface area contributed by atoms with Gasteiger partial charge in [0.2, 0.25) is 5.95 Å². The van der Waals surface area contributed by atoms with E-state index in [-0.39, 0.29) is 11.5 Å². The molecule has 3 N–H and O–H groups in total. The Bertz CT molecular complexity index is 624. The number of aromatic nitrogens is 2. The number of anilines is 1. The van der Waals surface area contributed by atoms with Crippen molar-refractivity contribution in [3.63, 3.8) is 0 Å². The van der Waals surface area contributed by atoms with Gasteiger partial charge in [0.05, 0.1) is 11.4 Å². The predicted molar refractivity (Wildman–Crippen MR) is 68.3 cm³/mol. The fourth-order valence-electron chi connectivity index (χ4n) is 1.85. The number of aryl methyl sites for hydroxylation is 2. The average Bonchev–Trinajstić information content (AvgIpc) is 2.27. The van der Waals surface area contributed by atoms with Crippen molar-refractivity contribution in [2.45, 2.75) is 13.8 Å². The van der Waals surface area contributed by atoms with Gasteiger partial charge in [-0.2, -0.15) is 0 Å². The van der Waals surface area contributed by atoms with Crippen LogP contribution in [0.15, 0.2) is 24.3 Å². The van der Waals surface area contributed by atoms with Gasteiger partial charge in [0, 0.05) is 5.56 Å². The van der Waals surface area contributed by atoms with Gasteiger partial charge in [0.15, 0.2) is 0 Å². The molecule has 0 aliphatic heterocycles. The molecule has 18 heavy (non-hydrogen) atoms. The molecule has 0 amide bonds. The third kappa shape index (κ3) is 2.15. The maximum atomic E-state index is 11.3. The highest BCUT2D eigenvalue weighted by atomic mass is 16.4. The summed E-state index contributed by atoms with van der Waals surface area (Å²) in [5.74, 6) is -0.974. The van der Waals surface area contributed by atoms with Crippen LogP contribution in [-0.2, 0) is 0 Å². The second kappa shape index (κ2) is 4.44. The van der Waals surface area contributed by atoms with Crippen molar-refractivity contribution in [1.29, 1.82) is 0 Å². The minimum Gasteiger partial charge on any atom is -0.478 e. The summed E-state index contributed by atoms with van der Waals surface area (Å²) in [6, 6.07) is 7.46. The van der Waals surface area contributed by atoms with Crippen LogP contribution in [0.4, 0.5) is 5.95 Å². The Balaban J connectivity index is 2.73. The minimum absolute atomic E-state index is 0.0778. The maximum Gasteiger partial charge on any atom is 0.339 e. The molecule has 1 heterocycles. The lowest BCUT2D eigenvalue weighted by Crippen LogP contribution is -2.09. The van der Waals surface area contributed by atoms with E-state index in [1.807, 2.05) is 25.1 Å². The normalized spacial score (nSPS) is 10.3. The molecule has 2 rings (SSSR count). The highest BCUT2D eigenvalue weighted by Crippen LogP contribution is 2.25. The molecule has 1 aromatic heterocycles. The van der Waals surface area contributed by atoms with Crippen molar-refractivity contribution in [1.82, 2.24) is 9.97 Å². The van der Waals surface area contributed by atoms with Gasteiger partial charge in [-0.05, 0) is 19.9 Å². The molecule has 1 aromatic carbocycles. The largest absolute Gasteiger partial charge is 0.478 e. The van der Waals surface area contributed by atoms with E-state index in [0.717, 1.165) is 11.1 Å². The Labute approximate surface area is 104 Å². The van der Waals surface area contributed by atoms with E-state index in [2.05, 4.69) is 9.97 Å². The first-order valence-electron chi connectivity index (χ1n) is 5.43. The molecule has 0 fully saturated rings. The topological polar surface area (TPSA) is 89.1 Å². The third-order valence-corrected chi connectivity index (χ3v) is 2.61. The zero-order chi connectivity index (χ0) is 13.3. The molecule has 0 atom stereocenters. The molecule has 0 unspecified atom stereocenters. The summed E-state index contributed by atoms with van der Waals surface area (Å²) in [5.41, 5.74) is 8.16. The predicted octanol–water partition coefficient (Wildman–Crippen LogP) is 2.04. The van der Waals surface area contributed by atoms with Crippen LogP contribution in [0.1, 0.15) is 21.6 Å². The van der Waals surface area contributed by atoms with Crippen molar-refractivity contribution >= 4 is 11.9 Å². The van der Waals surface area contributed by atoms with E-state index in [0.29, 0.717) is 11.4 Å². The lowest BCUT2D eigenvalue weighted by molar-refractivity contribution is 0.0696. The number of hydrogen-bond acceptors (Lipinski definition) is 4. The van der Waals surface area contributed by atoms with Crippen LogP contribution in [0, 0.1) is 13.8 Å². The summed E-state index contributed by atoms with van der Waals surface area (Å²) in [5, 5.41) is 9.25. The summed E-state index contributed by atoms with van der Waals surface area (Å²) < 4.78 is 0. The monoisotopic (exact) mass is 243 g/mol. The highest BCUT2D eigenvalue weighted by Gasteiger charge is 2.18. The van der Waals surface area contributed by atoms with Gasteiger partial charge in [-0.1, -0.05) is 23.8 Å². The number of carboxylic acid groups (broad SMARTS) is 1. The average molecular weight is 243 g/mol.